The summed E-state index contributed by atoms with van der Waals surface area (Å²) in [4.78, 5) is 22.3. The van der Waals surface area contributed by atoms with Gasteiger partial charge in [0.25, 0.3) is 0 Å². The maximum Gasteiger partial charge on any atom is 0.177 e. The Bertz CT molecular complexity index is 1780. The number of fused-ring (bicyclic) bond motifs is 2. The van der Waals surface area contributed by atoms with Crippen molar-refractivity contribution in [2.45, 2.75) is 17.2 Å². The van der Waals surface area contributed by atoms with Crippen LogP contribution in [-0.2, 0) is 4.79 Å². The first-order valence-electron chi connectivity index (χ1n) is 12.5. The number of ether oxygens (including phenoxy) is 2. The van der Waals surface area contributed by atoms with Gasteiger partial charge >= 0.3 is 0 Å². The molecule has 6 nitrogen and oxygen atoms in total. The van der Waals surface area contributed by atoms with Gasteiger partial charge in [-0.15, -0.1) is 11.8 Å². The number of aromatic nitrogens is 3. The lowest BCUT2D eigenvalue weighted by Gasteiger charge is -2.26. The van der Waals surface area contributed by atoms with E-state index in [1.54, 1.807) is 18.5 Å². The van der Waals surface area contributed by atoms with Crippen LogP contribution >= 0.6 is 21.0 Å². The van der Waals surface area contributed by atoms with Crippen LogP contribution in [0.25, 0.3) is 28.4 Å². The average molecular weight is 576 g/mol. The number of aromatic amines is 2. The highest BCUT2D eigenvalue weighted by Crippen LogP contribution is 2.42. The molecule has 2 N–H and O–H groups in total. The molecular weight excluding hydrogens is 551 g/mol. The smallest absolute Gasteiger partial charge is 0.177 e. The largest absolute Gasteiger partial charge is 0.493 e. The van der Waals surface area contributed by atoms with Crippen molar-refractivity contribution in [2.75, 3.05) is 12.9 Å². The summed E-state index contributed by atoms with van der Waals surface area (Å²) in [6, 6.07) is 11.9. The predicted molar refractivity (Wildman–Crippen MR) is 157 cm³/mol. The molecule has 0 fully saturated rings. The lowest BCUT2D eigenvalue weighted by Crippen LogP contribution is -2.16. The van der Waals surface area contributed by atoms with E-state index >= 15 is 8.78 Å². The number of aldehydes is 1. The van der Waals surface area contributed by atoms with Gasteiger partial charge in [0.1, 0.15) is 29.4 Å². The van der Waals surface area contributed by atoms with E-state index in [2.05, 4.69) is 24.2 Å². The maximum absolute atomic E-state index is 15.4. The molecule has 0 bridgehead atoms. The molecular formula is C30H24F2N3O3PS. The molecule has 5 aromatic rings. The maximum atomic E-state index is 15.4. The summed E-state index contributed by atoms with van der Waals surface area (Å²) < 4.78 is 42.4. The van der Waals surface area contributed by atoms with Crippen molar-refractivity contribution in [3.05, 3.63) is 89.4 Å². The number of imidazole rings is 1. The highest BCUT2D eigenvalue weighted by atomic mass is 32.2. The highest BCUT2D eigenvalue weighted by Gasteiger charge is 2.27. The van der Waals surface area contributed by atoms with E-state index in [-0.39, 0.29) is 23.0 Å². The molecule has 40 heavy (non-hydrogen) atoms. The minimum atomic E-state index is -0.504. The molecule has 0 saturated carbocycles. The van der Waals surface area contributed by atoms with Gasteiger partial charge < -0.3 is 19.4 Å². The topological polar surface area (TPSA) is 80.0 Å². The normalized spacial score (nSPS) is 14.8. The lowest BCUT2D eigenvalue weighted by atomic mass is 9.89. The SMILES string of the molecule is CSc1c(Oc2ccc(F)c(-c3ncc(C4CCOc5c(/C=C/C=O)cccc54)[nH]3)c2)c(F)c(P)c2[nH]ccc12. The number of para-hydroxylation sites is 1. The summed E-state index contributed by atoms with van der Waals surface area (Å²) in [7, 11) is 2.42. The molecule has 2 aromatic heterocycles. The number of rotatable bonds is 7. The molecule has 0 spiro atoms. The van der Waals surface area contributed by atoms with Crippen LogP contribution in [0.2, 0.25) is 0 Å². The van der Waals surface area contributed by atoms with Crippen LogP contribution in [0.3, 0.4) is 0 Å². The van der Waals surface area contributed by atoms with Crippen molar-refractivity contribution in [3.63, 3.8) is 0 Å². The summed E-state index contributed by atoms with van der Waals surface area (Å²) in [5.74, 6) is 0.377. The zero-order valence-electron chi connectivity index (χ0n) is 21.3. The summed E-state index contributed by atoms with van der Waals surface area (Å²) in [5.41, 5.74) is 3.47. The van der Waals surface area contributed by atoms with E-state index in [4.69, 9.17) is 9.47 Å². The van der Waals surface area contributed by atoms with Crippen molar-refractivity contribution >= 4 is 49.6 Å². The van der Waals surface area contributed by atoms with Gasteiger partial charge in [-0.3, -0.25) is 4.79 Å². The van der Waals surface area contributed by atoms with Gasteiger partial charge in [-0.1, -0.05) is 27.4 Å². The fourth-order valence-electron chi connectivity index (χ4n) is 5.09. The monoisotopic (exact) mass is 575 g/mol. The minimum Gasteiger partial charge on any atom is -0.493 e. The molecule has 2 atom stereocenters. The second-order valence-corrected chi connectivity index (χ2v) is 10.6. The van der Waals surface area contributed by atoms with Crippen LogP contribution in [0.5, 0.6) is 17.2 Å². The Balaban J connectivity index is 1.34. The van der Waals surface area contributed by atoms with Crippen molar-refractivity contribution in [1.82, 2.24) is 15.0 Å². The summed E-state index contributed by atoms with van der Waals surface area (Å²) >= 11 is 1.38. The summed E-state index contributed by atoms with van der Waals surface area (Å²) in [6.45, 7) is 0.488. The van der Waals surface area contributed by atoms with E-state index < -0.39 is 11.6 Å². The third-order valence-corrected chi connectivity index (χ3v) is 8.31. The molecule has 0 radical (unpaired) electrons. The molecule has 3 heterocycles. The fraction of sp³-hybridized carbons (Fsp3) is 0.133. The molecule has 3 aromatic carbocycles. The first-order valence-corrected chi connectivity index (χ1v) is 14.3. The molecule has 202 valence electrons. The van der Waals surface area contributed by atoms with E-state index in [0.29, 0.717) is 40.3 Å². The Kier molecular flexibility index (Phi) is 7.17. The first-order chi connectivity index (χ1) is 19.5. The summed E-state index contributed by atoms with van der Waals surface area (Å²) in [5, 5.41) is 1.21. The quantitative estimate of drug-likeness (QED) is 0.0948. The van der Waals surface area contributed by atoms with Gasteiger partial charge in [-0.05, 0) is 49.1 Å². The number of hydrogen-bond acceptors (Lipinski definition) is 5. The van der Waals surface area contributed by atoms with Gasteiger partial charge in [-0.25, -0.2) is 13.8 Å². The van der Waals surface area contributed by atoms with Crippen molar-refractivity contribution in [3.8, 4) is 28.6 Å². The Morgan fingerprint density at radius 2 is 2.10 bits per heavy atom. The Labute approximate surface area is 235 Å². The number of nitrogens with one attached hydrogen (secondary N) is 2. The zero-order valence-corrected chi connectivity index (χ0v) is 23.3. The molecule has 0 saturated heterocycles. The van der Waals surface area contributed by atoms with Gasteiger partial charge in [0.15, 0.2) is 11.6 Å². The number of carbonyl (C=O) groups is 1. The predicted octanol–water partition coefficient (Wildman–Crippen LogP) is 6.98. The van der Waals surface area contributed by atoms with Gasteiger partial charge in [0.05, 0.1) is 22.6 Å². The number of allylic oxidation sites excluding steroid dienone is 1. The number of benzene rings is 3. The van der Waals surface area contributed by atoms with Crippen molar-refractivity contribution in [2.24, 2.45) is 0 Å². The number of nitrogens with zero attached hydrogens (tertiary/aromatic N) is 1. The van der Waals surface area contributed by atoms with Crippen LogP contribution in [0.15, 0.2) is 65.8 Å². The Morgan fingerprint density at radius 1 is 1.23 bits per heavy atom. The molecule has 2 unspecified atom stereocenters. The molecule has 0 aliphatic carbocycles. The fourth-order valence-corrected chi connectivity index (χ4v) is 6.17. The van der Waals surface area contributed by atoms with E-state index in [1.807, 2.05) is 30.5 Å². The summed E-state index contributed by atoms with van der Waals surface area (Å²) in [6.07, 6.45) is 9.88. The van der Waals surface area contributed by atoms with E-state index in [9.17, 15) is 4.79 Å². The van der Waals surface area contributed by atoms with Gasteiger partial charge in [0, 0.05) is 45.8 Å². The Morgan fingerprint density at radius 3 is 2.92 bits per heavy atom. The Hall–Kier alpha value is -3.94. The second-order valence-electron chi connectivity index (χ2n) is 9.24. The van der Waals surface area contributed by atoms with Gasteiger partial charge in [-0.2, -0.15) is 0 Å². The number of thioether (sulfide) groups is 1. The average Bonchev–Trinajstić information content (AvgIpc) is 3.66. The number of H-pyrrole nitrogens is 2. The molecule has 0 amide bonds. The lowest BCUT2D eigenvalue weighted by molar-refractivity contribution is -0.104. The third-order valence-electron chi connectivity index (χ3n) is 6.95. The van der Waals surface area contributed by atoms with Gasteiger partial charge in [0.2, 0.25) is 0 Å². The van der Waals surface area contributed by atoms with Crippen LogP contribution in [-0.4, -0.2) is 34.1 Å². The van der Waals surface area contributed by atoms with Crippen LogP contribution in [0.4, 0.5) is 8.78 Å². The molecule has 10 heteroatoms. The van der Waals surface area contributed by atoms with E-state index in [0.717, 1.165) is 28.5 Å². The van der Waals surface area contributed by atoms with Crippen LogP contribution in [0, 0.1) is 11.6 Å². The molecule has 6 rings (SSSR count). The second kappa shape index (κ2) is 10.9. The van der Waals surface area contributed by atoms with Crippen LogP contribution < -0.4 is 14.8 Å². The standard InChI is InChI=1S/C30H24F2N3O3PS/c1-40-29-20-9-11-33-25(20)28(39)24(32)27(29)38-17-7-8-22(31)21(14-17)30-34-15-23(35-30)18-10-13-37-26-16(5-3-12-36)4-2-6-19(18)26/h2-9,11-12,14-15,18,33H,10,13,39H2,1H3,(H,34,35)/b5-3+. The van der Waals surface area contributed by atoms with E-state index in [1.165, 1.54) is 36.0 Å². The zero-order chi connectivity index (χ0) is 27.8. The number of carbonyl (C=O) groups excluding carboxylic acids is 1. The first kappa shape index (κ1) is 26.3. The number of hydrogen-bond donors (Lipinski definition) is 2. The minimum absolute atomic E-state index is 0.0520. The molecule has 1 aliphatic rings. The van der Waals surface area contributed by atoms with Crippen molar-refractivity contribution < 1.29 is 23.0 Å². The van der Waals surface area contributed by atoms with Crippen LogP contribution in [0.1, 0.15) is 29.2 Å². The van der Waals surface area contributed by atoms with Crippen molar-refractivity contribution in [1.29, 1.82) is 0 Å². The number of halogens is 2. The highest BCUT2D eigenvalue weighted by molar-refractivity contribution is 7.99. The third kappa shape index (κ3) is 4.59. The molecule has 1 aliphatic heterocycles.